The third kappa shape index (κ3) is 1.81. The summed E-state index contributed by atoms with van der Waals surface area (Å²) in [5.41, 5.74) is 0. The molecular weight excluding hydrogens is 200 g/mol. The highest BCUT2D eigenvalue weighted by Crippen LogP contribution is 2.26. The number of aromatic hydroxyl groups is 1. The van der Waals surface area contributed by atoms with Crippen LogP contribution < -0.4 is 4.90 Å². The molecule has 2 aromatic rings. The molecule has 0 saturated carbocycles. The number of fused-ring (bicyclic) bond motifs is 1. The number of aromatic nitrogens is 1. The van der Waals surface area contributed by atoms with Gasteiger partial charge in [0.1, 0.15) is 11.6 Å². The molecule has 3 nitrogen and oxygen atoms in total. The van der Waals surface area contributed by atoms with Gasteiger partial charge in [-0.05, 0) is 43.5 Å². The fourth-order valence-corrected chi connectivity index (χ4v) is 1.92. The average Bonchev–Trinajstić information content (AvgIpc) is 2.30. The average molecular weight is 216 g/mol. The fourth-order valence-electron chi connectivity index (χ4n) is 1.92. The minimum atomic E-state index is 0.296. The standard InChI is InChI=1S/C13H16N2O/c1-3-15(4-2)13-12-6-5-11(16)9-10(12)7-8-14-13/h5-9,16H,3-4H2,1-2H3. The van der Waals surface area contributed by atoms with Crippen LogP contribution in [0.4, 0.5) is 5.82 Å². The monoisotopic (exact) mass is 216 g/mol. The Labute approximate surface area is 95.3 Å². The molecule has 1 N–H and O–H groups in total. The Bertz CT molecular complexity index is 492. The van der Waals surface area contributed by atoms with Gasteiger partial charge in [-0.15, -0.1) is 0 Å². The van der Waals surface area contributed by atoms with Crippen LogP contribution in [0.5, 0.6) is 5.75 Å². The first-order chi connectivity index (χ1) is 7.76. The highest BCUT2D eigenvalue weighted by molar-refractivity contribution is 5.92. The summed E-state index contributed by atoms with van der Waals surface area (Å²) in [6.07, 6.45) is 1.79. The summed E-state index contributed by atoms with van der Waals surface area (Å²) in [5, 5.41) is 11.6. The van der Waals surface area contributed by atoms with Gasteiger partial charge in [-0.25, -0.2) is 4.98 Å². The van der Waals surface area contributed by atoms with Crippen molar-refractivity contribution in [1.82, 2.24) is 4.98 Å². The second-order valence-electron chi connectivity index (χ2n) is 3.71. The lowest BCUT2D eigenvalue weighted by atomic mass is 10.1. The van der Waals surface area contributed by atoms with E-state index < -0.39 is 0 Å². The molecule has 2 rings (SSSR count). The summed E-state index contributed by atoms with van der Waals surface area (Å²) in [7, 11) is 0. The van der Waals surface area contributed by atoms with E-state index in [0.717, 1.165) is 29.7 Å². The van der Waals surface area contributed by atoms with E-state index in [0.29, 0.717) is 5.75 Å². The first kappa shape index (κ1) is 10.7. The molecule has 0 fully saturated rings. The predicted octanol–water partition coefficient (Wildman–Crippen LogP) is 2.79. The first-order valence-corrected chi connectivity index (χ1v) is 5.59. The van der Waals surface area contributed by atoms with Crippen molar-refractivity contribution < 1.29 is 5.11 Å². The second-order valence-corrected chi connectivity index (χ2v) is 3.71. The minimum absolute atomic E-state index is 0.296. The summed E-state index contributed by atoms with van der Waals surface area (Å²) in [6.45, 7) is 6.10. The lowest BCUT2D eigenvalue weighted by molar-refractivity contribution is 0.476. The number of hydrogen-bond acceptors (Lipinski definition) is 3. The van der Waals surface area contributed by atoms with E-state index in [1.165, 1.54) is 0 Å². The van der Waals surface area contributed by atoms with Crippen LogP contribution in [-0.4, -0.2) is 23.2 Å². The Morgan fingerprint density at radius 2 is 1.94 bits per heavy atom. The molecule has 0 atom stereocenters. The van der Waals surface area contributed by atoms with Gasteiger partial charge < -0.3 is 10.0 Å². The highest BCUT2D eigenvalue weighted by atomic mass is 16.3. The van der Waals surface area contributed by atoms with Gasteiger partial charge in [0.05, 0.1) is 0 Å². The fraction of sp³-hybridized carbons (Fsp3) is 0.308. The van der Waals surface area contributed by atoms with Gasteiger partial charge in [-0.2, -0.15) is 0 Å². The van der Waals surface area contributed by atoms with Crippen LogP contribution in [-0.2, 0) is 0 Å². The molecule has 0 unspecified atom stereocenters. The van der Waals surface area contributed by atoms with E-state index in [1.54, 1.807) is 18.3 Å². The molecule has 1 aromatic heterocycles. The molecule has 0 saturated heterocycles. The molecule has 0 aliphatic heterocycles. The van der Waals surface area contributed by atoms with Crippen molar-refractivity contribution in [3.05, 3.63) is 30.5 Å². The normalized spacial score (nSPS) is 10.6. The number of rotatable bonds is 3. The molecule has 0 aliphatic rings. The maximum absolute atomic E-state index is 9.44. The van der Waals surface area contributed by atoms with Crippen LogP contribution in [0.25, 0.3) is 10.8 Å². The molecular formula is C13H16N2O. The van der Waals surface area contributed by atoms with Gasteiger partial charge in [-0.1, -0.05) is 0 Å². The number of nitrogens with zero attached hydrogens (tertiary/aromatic N) is 2. The quantitative estimate of drug-likeness (QED) is 0.857. The lowest BCUT2D eigenvalue weighted by Crippen LogP contribution is -2.23. The van der Waals surface area contributed by atoms with E-state index >= 15 is 0 Å². The third-order valence-electron chi connectivity index (χ3n) is 2.79. The zero-order valence-corrected chi connectivity index (χ0v) is 9.64. The van der Waals surface area contributed by atoms with Crippen molar-refractivity contribution >= 4 is 16.6 Å². The van der Waals surface area contributed by atoms with Gasteiger partial charge in [0.25, 0.3) is 0 Å². The maximum Gasteiger partial charge on any atom is 0.136 e. The number of benzene rings is 1. The van der Waals surface area contributed by atoms with Crippen molar-refractivity contribution in [2.75, 3.05) is 18.0 Å². The van der Waals surface area contributed by atoms with Gasteiger partial charge in [0.15, 0.2) is 0 Å². The molecule has 3 heteroatoms. The number of anilines is 1. The topological polar surface area (TPSA) is 36.4 Å². The van der Waals surface area contributed by atoms with Gasteiger partial charge >= 0.3 is 0 Å². The van der Waals surface area contributed by atoms with Crippen LogP contribution in [0.2, 0.25) is 0 Å². The first-order valence-electron chi connectivity index (χ1n) is 5.59. The van der Waals surface area contributed by atoms with Crippen LogP contribution in [0, 0.1) is 0 Å². The van der Waals surface area contributed by atoms with Gasteiger partial charge in [0.2, 0.25) is 0 Å². The van der Waals surface area contributed by atoms with Crippen LogP contribution >= 0.6 is 0 Å². The van der Waals surface area contributed by atoms with E-state index in [9.17, 15) is 5.11 Å². The molecule has 16 heavy (non-hydrogen) atoms. The molecule has 0 radical (unpaired) electrons. The zero-order valence-electron chi connectivity index (χ0n) is 9.64. The largest absolute Gasteiger partial charge is 0.508 e. The predicted molar refractivity (Wildman–Crippen MR) is 67.0 cm³/mol. The summed E-state index contributed by atoms with van der Waals surface area (Å²) >= 11 is 0. The maximum atomic E-state index is 9.44. The van der Waals surface area contributed by atoms with Crippen LogP contribution in [0.1, 0.15) is 13.8 Å². The minimum Gasteiger partial charge on any atom is -0.508 e. The Morgan fingerprint density at radius 1 is 1.19 bits per heavy atom. The number of pyridine rings is 1. The van der Waals surface area contributed by atoms with Crippen LogP contribution in [0.3, 0.4) is 0 Å². The summed E-state index contributed by atoms with van der Waals surface area (Å²) in [4.78, 5) is 6.63. The molecule has 0 spiro atoms. The lowest BCUT2D eigenvalue weighted by Gasteiger charge is -2.21. The van der Waals surface area contributed by atoms with Crippen molar-refractivity contribution in [2.24, 2.45) is 0 Å². The summed E-state index contributed by atoms with van der Waals surface area (Å²) in [6, 6.07) is 7.31. The molecule has 0 amide bonds. The molecule has 84 valence electrons. The number of phenols is 1. The van der Waals surface area contributed by atoms with E-state index in [2.05, 4.69) is 23.7 Å². The number of phenolic OH excluding ortho intramolecular Hbond substituents is 1. The molecule has 0 bridgehead atoms. The second kappa shape index (κ2) is 4.39. The highest BCUT2D eigenvalue weighted by Gasteiger charge is 2.08. The third-order valence-corrected chi connectivity index (χ3v) is 2.79. The zero-order chi connectivity index (χ0) is 11.5. The van der Waals surface area contributed by atoms with E-state index in [1.807, 2.05) is 12.1 Å². The van der Waals surface area contributed by atoms with Gasteiger partial charge in [0, 0.05) is 24.7 Å². The molecule has 0 aliphatic carbocycles. The van der Waals surface area contributed by atoms with E-state index in [-0.39, 0.29) is 0 Å². The van der Waals surface area contributed by atoms with E-state index in [4.69, 9.17) is 0 Å². The van der Waals surface area contributed by atoms with Crippen molar-refractivity contribution in [3.63, 3.8) is 0 Å². The SMILES string of the molecule is CCN(CC)c1nccc2cc(O)ccc12. The van der Waals surface area contributed by atoms with Gasteiger partial charge in [-0.3, -0.25) is 0 Å². The molecule has 1 aromatic carbocycles. The number of hydrogen-bond donors (Lipinski definition) is 1. The summed E-state index contributed by atoms with van der Waals surface area (Å²) in [5.74, 6) is 1.28. The Hall–Kier alpha value is -1.77. The summed E-state index contributed by atoms with van der Waals surface area (Å²) < 4.78 is 0. The Kier molecular flexibility index (Phi) is 2.95. The smallest absolute Gasteiger partial charge is 0.136 e. The van der Waals surface area contributed by atoms with Crippen molar-refractivity contribution in [2.45, 2.75) is 13.8 Å². The van der Waals surface area contributed by atoms with Crippen molar-refractivity contribution in [3.8, 4) is 5.75 Å². The Morgan fingerprint density at radius 3 is 2.62 bits per heavy atom. The molecule has 1 heterocycles. The van der Waals surface area contributed by atoms with Crippen molar-refractivity contribution in [1.29, 1.82) is 0 Å². The Balaban J connectivity index is 2.61. The van der Waals surface area contributed by atoms with Crippen LogP contribution in [0.15, 0.2) is 30.5 Å².